The Morgan fingerprint density at radius 1 is 1.59 bits per heavy atom. The van der Waals surface area contributed by atoms with Gasteiger partial charge in [-0.15, -0.1) is 0 Å². The van der Waals surface area contributed by atoms with Gasteiger partial charge in [0, 0.05) is 18.2 Å². The number of esters is 1. The predicted octanol–water partition coefficient (Wildman–Crippen LogP) is 1.42. The van der Waals surface area contributed by atoms with Gasteiger partial charge in [0.2, 0.25) is 0 Å². The first-order chi connectivity index (χ1) is 8.20. The molecule has 0 saturated heterocycles. The van der Waals surface area contributed by atoms with Crippen molar-refractivity contribution in [2.45, 2.75) is 13.3 Å². The third-order valence-corrected chi connectivity index (χ3v) is 2.30. The van der Waals surface area contributed by atoms with Crippen molar-refractivity contribution in [3.05, 3.63) is 29.6 Å². The summed E-state index contributed by atoms with van der Waals surface area (Å²) < 4.78 is 4.95. The number of carbonyl (C=O) groups is 1. The smallest absolute Gasteiger partial charge is 0.334 e. The zero-order valence-corrected chi connectivity index (χ0v) is 9.51. The normalized spacial score (nSPS) is 14.2. The zero-order valence-electron chi connectivity index (χ0n) is 9.51. The highest BCUT2D eigenvalue weighted by Gasteiger charge is 2.17. The first-order valence-corrected chi connectivity index (χ1v) is 5.36. The van der Waals surface area contributed by atoms with Crippen LogP contribution in [0.25, 0.3) is 6.08 Å². The number of carbonyl (C=O) groups excluding carboxylic acids is 1. The Morgan fingerprint density at radius 2 is 2.41 bits per heavy atom. The third-order valence-electron chi connectivity index (χ3n) is 2.30. The molecule has 0 bridgehead atoms. The van der Waals surface area contributed by atoms with E-state index in [4.69, 9.17) is 10.5 Å². The van der Waals surface area contributed by atoms with E-state index in [0.29, 0.717) is 29.4 Å². The van der Waals surface area contributed by atoms with E-state index in [9.17, 15) is 4.79 Å². The summed E-state index contributed by atoms with van der Waals surface area (Å²) >= 11 is 0. The van der Waals surface area contributed by atoms with Gasteiger partial charge in [0.25, 0.3) is 0 Å². The van der Waals surface area contributed by atoms with Crippen molar-refractivity contribution in [3.8, 4) is 0 Å². The lowest BCUT2D eigenvalue weighted by Gasteiger charge is -2.04. The molecule has 0 atom stereocenters. The van der Waals surface area contributed by atoms with Crippen LogP contribution in [0.1, 0.15) is 19.0 Å². The van der Waals surface area contributed by atoms with Crippen molar-refractivity contribution >= 4 is 23.6 Å². The molecule has 0 saturated carbocycles. The number of fused-ring (bicyclic) bond motifs is 1. The summed E-state index contributed by atoms with van der Waals surface area (Å²) in [7, 11) is 0. The minimum absolute atomic E-state index is 0.287. The molecule has 0 amide bonds. The summed E-state index contributed by atoms with van der Waals surface area (Å²) in [5.74, 6) is 0.0141. The van der Waals surface area contributed by atoms with Gasteiger partial charge in [-0.05, 0) is 25.1 Å². The number of nitrogens with two attached hydrogens (primary N) is 1. The first-order valence-electron chi connectivity index (χ1n) is 5.36. The van der Waals surface area contributed by atoms with E-state index in [0.717, 1.165) is 0 Å². The molecule has 0 fully saturated rings. The number of hydrogen-bond donors (Lipinski definition) is 1. The van der Waals surface area contributed by atoms with Gasteiger partial charge in [0.15, 0.2) is 0 Å². The lowest BCUT2D eigenvalue weighted by atomic mass is 10.1. The lowest BCUT2D eigenvalue weighted by Crippen LogP contribution is -2.16. The number of aromatic nitrogens is 1. The lowest BCUT2D eigenvalue weighted by molar-refractivity contribution is -0.138. The van der Waals surface area contributed by atoms with Crippen LogP contribution in [0.4, 0.5) is 5.69 Å². The predicted molar refractivity (Wildman–Crippen MR) is 64.7 cm³/mol. The second-order valence-corrected chi connectivity index (χ2v) is 3.58. The number of hydrogen-bond acceptors (Lipinski definition) is 5. The Bertz CT molecular complexity index is 506. The summed E-state index contributed by atoms with van der Waals surface area (Å²) in [5.41, 5.74) is 7.53. The van der Waals surface area contributed by atoms with E-state index < -0.39 is 0 Å². The molecular weight excluding hydrogens is 218 g/mol. The highest BCUT2D eigenvalue weighted by Crippen LogP contribution is 2.24. The van der Waals surface area contributed by atoms with Gasteiger partial charge in [-0.1, -0.05) is 0 Å². The summed E-state index contributed by atoms with van der Waals surface area (Å²) in [6, 6.07) is 3.58. The van der Waals surface area contributed by atoms with Crippen LogP contribution in [0.5, 0.6) is 0 Å². The summed E-state index contributed by atoms with van der Waals surface area (Å²) in [4.78, 5) is 20.0. The third kappa shape index (κ3) is 2.50. The summed E-state index contributed by atoms with van der Waals surface area (Å²) in [6.45, 7) is 2.10. The number of amidine groups is 1. The molecule has 0 aliphatic carbocycles. The van der Waals surface area contributed by atoms with Crippen molar-refractivity contribution in [3.63, 3.8) is 0 Å². The Morgan fingerprint density at radius 3 is 3.18 bits per heavy atom. The first kappa shape index (κ1) is 11.3. The summed E-state index contributed by atoms with van der Waals surface area (Å²) in [6.07, 6.45) is 3.61. The van der Waals surface area contributed by atoms with E-state index in [1.54, 1.807) is 31.3 Å². The van der Waals surface area contributed by atoms with Crippen LogP contribution in [0.15, 0.2) is 28.9 Å². The Kier molecular flexibility index (Phi) is 3.18. The van der Waals surface area contributed by atoms with E-state index in [1.807, 2.05) is 0 Å². The fourth-order valence-electron chi connectivity index (χ4n) is 1.58. The maximum Gasteiger partial charge on any atom is 0.334 e. The maximum atomic E-state index is 11.7. The van der Waals surface area contributed by atoms with Crippen molar-refractivity contribution in [2.75, 3.05) is 6.61 Å². The minimum atomic E-state index is -0.371. The molecule has 2 rings (SSSR count). The van der Waals surface area contributed by atoms with Crippen molar-refractivity contribution in [1.29, 1.82) is 0 Å². The van der Waals surface area contributed by atoms with Crippen molar-refractivity contribution in [2.24, 2.45) is 10.7 Å². The van der Waals surface area contributed by atoms with Crippen LogP contribution < -0.4 is 5.73 Å². The van der Waals surface area contributed by atoms with Gasteiger partial charge in [0.1, 0.15) is 5.84 Å². The molecule has 5 nitrogen and oxygen atoms in total. The molecule has 0 spiro atoms. The quantitative estimate of drug-likeness (QED) is 0.781. The number of aliphatic imine (C=N–C) groups is 1. The second kappa shape index (κ2) is 4.78. The average Bonchev–Trinajstić information content (AvgIpc) is 2.47. The molecule has 2 N–H and O–H groups in total. The van der Waals surface area contributed by atoms with Crippen LogP contribution in [0.2, 0.25) is 0 Å². The Hall–Kier alpha value is -2.17. The van der Waals surface area contributed by atoms with Crippen LogP contribution in [0.3, 0.4) is 0 Å². The molecule has 17 heavy (non-hydrogen) atoms. The molecule has 88 valence electrons. The van der Waals surface area contributed by atoms with Crippen molar-refractivity contribution < 1.29 is 9.53 Å². The van der Waals surface area contributed by atoms with Gasteiger partial charge < -0.3 is 10.5 Å². The van der Waals surface area contributed by atoms with Crippen LogP contribution >= 0.6 is 0 Å². The van der Waals surface area contributed by atoms with E-state index in [1.165, 1.54) is 0 Å². The maximum absolute atomic E-state index is 11.7. The van der Waals surface area contributed by atoms with Gasteiger partial charge in [-0.3, -0.25) is 4.98 Å². The fraction of sp³-hybridized carbons (Fsp3) is 0.250. The molecular formula is C12H13N3O2. The summed E-state index contributed by atoms with van der Waals surface area (Å²) in [5, 5.41) is 0. The van der Waals surface area contributed by atoms with Crippen molar-refractivity contribution in [1.82, 2.24) is 4.98 Å². The molecule has 1 aromatic rings. The van der Waals surface area contributed by atoms with Crippen LogP contribution in [0, 0.1) is 0 Å². The SMILES string of the molecule is CCOC(=O)C1=Cc2ncccc2N=C(N)C1. The topological polar surface area (TPSA) is 77.6 Å². The van der Waals surface area contributed by atoms with E-state index >= 15 is 0 Å². The van der Waals surface area contributed by atoms with Gasteiger partial charge >= 0.3 is 5.97 Å². The standard InChI is InChI=1S/C12H13N3O2/c1-2-17-12(16)8-6-10-9(4-3-5-14-10)15-11(13)7-8/h3-6H,2,7H2,1H3,(H2,13,15). The number of nitrogens with zero attached hydrogens (tertiary/aromatic N) is 2. The second-order valence-electron chi connectivity index (χ2n) is 3.58. The largest absolute Gasteiger partial charge is 0.463 e. The van der Waals surface area contributed by atoms with E-state index in [-0.39, 0.29) is 12.4 Å². The molecule has 0 unspecified atom stereocenters. The van der Waals surface area contributed by atoms with E-state index in [2.05, 4.69) is 9.98 Å². The van der Waals surface area contributed by atoms with Crippen LogP contribution in [-0.4, -0.2) is 23.4 Å². The monoisotopic (exact) mass is 231 g/mol. The molecule has 1 aromatic heterocycles. The average molecular weight is 231 g/mol. The highest BCUT2D eigenvalue weighted by molar-refractivity contribution is 6.02. The number of pyridine rings is 1. The van der Waals surface area contributed by atoms with Gasteiger partial charge in [0.05, 0.1) is 18.0 Å². The Balaban J connectivity index is 2.41. The number of ether oxygens (including phenoxy) is 1. The zero-order chi connectivity index (χ0) is 12.3. The molecule has 2 heterocycles. The molecule has 1 aliphatic heterocycles. The fourth-order valence-corrected chi connectivity index (χ4v) is 1.58. The van der Waals surface area contributed by atoms with Crippen LogP contribution in [-0.2, 0) is 9.53 Å². The highest BCUT2D eigenvalue weighted by atomic mass is 16.5. The molecule has 5 heteroatoms. The minimum Gasteiger partial charge on any atom is -0.463 e. The van der Waals surface area contributed by atoms with Gasteiger partial charge in [-0.25, -0.2) is 9.79 Å². The molecule has 0 radical (unpaired) electrons. The number of rotatable bonds is 2. The molecule has 0 aromatic carbocycles. The molecule has 1 aliphatic rings. The Labute approximate surface area is 99.0 Å². The van der Waals surface area contributed by atoms with Gasteiger partial charge in [-0.2, -0.15) is 0 Å².